The summed E-state index contributed by atoms with van der Waals surface area (Å²) in [4.78, 5) is 9.54. The maximum atomic E-state index is 10.5. The Morgan fingerprint density at radius 1 is 1.12 bits per heavy atom. The Morgan fingerprint density at radius 2 is 1.96 bits per heavy atom. The number of hydrogen-bond acceptors (Lipinski definition) is 5. The largest absolute Gasteiger partial charge is 0.391 e. The number of anilines is 1. The summed E-state index contributed by atoms with van der Waals surface area (Å²) in [5.41, 5.74) is 1.19. The Morgan fingerprint density at radius 3 is 2.68 bits per heavy atom. The van der Waals surface area contributed by atoms with Crippen molar-refractivity contribution in [1.29, 1.82) is 0 Å². The van der Waals surface area contributed by atoms with Crippen LogP contribution in [-0.4, -0.2) is 37.0 Å². The van der Waals surface area contributed by atoms with Gasteiger partial charge in [0.1, 0.15) is 11.6 Å². The molecule has 0 aliphatic heterocycles. The van der Waals surface area contributed by atoms with Crippen molar-refractivity contribution in [3.05, 3.63) is 36.0 Å². The van der Waals surface area contributed by atoms with Gasteiger partial charge in [0.2, 0.25) is 0 Å². The Kier molecular flexibility index (Phi) is 3.73. The predicted molar refractivity (Wildman–Crippen MR) is 94.4 cm³/mol. The molecule has 3 aliphatic carbocycles. The van der Waals surface area contributed by atoms with E-state index < -0.39 is 0 Å². The average molecular weight is 339 g/mol. The summed E-state index contributed by atoms with van der Waals surface area (Å²) in [7, 11) is 0. The monoisotopic (exact) mass is 339 g/mol. The molecule has 0 saturated heterocycles. The van der Waals surface area contributed by atoms with Crippen molar-refractivity contribution in [2.45, 2.75) is 69.1 Å². The maximum Gasteiger partial charge on any atom is 0.134 e. The van der Waals surface area contributed by atoms with Gasteiger partial charge in [0.25, 0.3) is 0 Å². The quantitative estimate of drug-likeness (QED) is 0.846. The Labute approximate surface area is 147 Å². The zero-order valence-corrected chi connectivity index (χ0v) is 14.4. The van der Waals surface area contributed by atoms with Crippen LogP contribution in [0.2, 0.25) is 0 Å². The van der Waals surface area contributed by atoms with Crippen LogP contribution in [0.25, 0.3) is 0 Å². The highest BCUT2D eigenvalue weighted by atomic mass is 16.3. The fraction of sp³-hybridized carbons (Fsp3) is 0.632. The molecule has 2 aromatic rings. The summed E-state index contributed by atoms with van der Waals surface area (Å²) in [6.45, 7) is 0.868. The molecule has 2 aromatic heterocycles. The summed E-state index contributed by atoms with van der Waals surface area (Å²) in [6.07, 6.45) is 10.1. The van der Waals surface area contributed by atoms with Crippen LogP contribution >= 0.6 is 0 Å². The smallest absolute Gasteiger partial charge is 0.134 e. The zero-order chi connectivity index (χ0) is 16.8. The minimum Gasteiger partial charge on any atom is -0.391 e. The number of nitrogens with one attached hydrogen (secondary N) is 1. The van der Waals surface area contributed by atoms with Gasteiger partial charge in [0.15, 0.2) is 0 Å². The van der Waals surface area contributed by atoms with E-state index >= 15 is 0 Å². The van der Waals surface area contributed by atoms with Gasteiger partial charge >= 0.3 is 0 Å². The van der Waals surface area contributed by atoms with E-state index in [1.54, 1.807) is 6.20 Å². The number of hydrogen-bond donors (Lipinski definition) is 2. The molecule has 25 heavy (non-hydrogen) atoms. The Balaban J connectivity index is 1.29. The van der Waals surface area contributed by atoms with E-state index in [-0.39, 0.29) is 12.1 Å². The molecule has 3 saturated carbocycles. The average Bonchev–Trinajstić information content (AvgIpc) is 3.52. The first-order valence-corrected chi connectivity index (χ1v) is 9.55. The lowest BCUT2D eigenvalue weighted by molar-refractivity contribution is 0.166. The van der Waals surface area contributed by atoms with Crippen LogP contribution in [0.5, 0.6) is 0 Å². The summed E-state index contributed by atoms with van der Waals surface area (Å²) < 4.78 is 1.96. The molecule has 3 fully saturated rings. The topological polar surface area (TPSA) is 75.9 Å². The molecular weight excluding hydrogens is 314 g/mol. The van der Waals surface area contributed by atoms with Gasteiger partial charge in [0, 0.05) is 42.5 Å². The molecule has 2 heterocycles. The molecule has 0 spiro atoms. The Hall–Kier alpha value is -1.95. The Bertz CT molecular complexity index is 708. The highest BCUT2D eigenvalue weighted by Crippen LogP contribution is 2.43. The van der Waals surface area contributed by atoms with Gasteiger partial charge in [-0.1, -0.05) is 0 Å². The minimum absolute atomic E-state index is 0.0644. The molecule has 3 aliphatic rings. The third-order valence-electron chi connectivity index (χ3n) is 5.67. The van der Waals surface area contributed by atoms with Crippen LogP contribution in [0.15, 0.2) is 24.5 Å². The normalized spacial score (nSPS) is 29.1. The molecule has 0 aromatic carbocycles. The maximum absolute atomic E-state index is 10.5. The van der Waals surface area contributed by atoms with Gasteiger partial charge < -0.3 is 10.4 Å². The van der Waals surface area contributed by atoms with E-state index in [9.17, 15) is 5.11 Å². The molecule has 6 nitrogen and oxygen atoms in total. The number of rotatable bonds is 6. The molecule has 0 amide bonds. The predicted octanol–water partition coefficient (Wildman–Crippen LogP) is 2.68. The molecular formula is C19H25N5O. The van der Waals surface area contributed by atoms with Gasteiger partial charge in [-0.15, -0.1) is 0 Å². The number of nitrogens with zero attached hydrogens (tertiary/aromatic N) is 4. The SMILES string of the molecule is O[C@@H]1CC(Cn2cccn2)C[C@H]1Nc1cc(C2CC2)nc(C2CC2)n1. The third-order valence-corrected chi connectivity index (χ3v) is 5.67. The lowest BCUT2D eigenvalue weighted by Crippen LogP contribution is -2.28. The zero-order valence-electron chi connectivity index (χ0n) is 14.4. The summed E-state index contributed by atoms with van der Waals surface area (Å²) in [5, 5.41) is 18.3. The molecule has 5 rings (SSSR count). The van der Waals surface area contributed by atoms with E-state index in [1.165, 1.54) is 31.4 Å². The van der Waals surface area contributed by atoms with Crippen LogP contribution < -0.4 is 5.32 Å². The van der Waals surface area contributed by atoms with Crippen LogP contribution in [0, 0.1) is 5.92 Å². The third kappa shape index (κ3) is 3.40. The summed E-state index contributed by atoms with van der Waals surface area (Å²) in [6, 6.07) is 4.12. The van der Waals surface area contributed by atoms with E-state index in [1.807, 2.05) is 16.9 Å². The van der Waals surface area contributed by atoms with Crippen LogP contribution in [0.1, 0.15) is 61.9 Å². The fourth-order valence-electron chi connectivity index (χ4n) is 3.96. The molecule has 0 radical (unpaired) electrons. The van der Waals surface area contributed by atoms with Crippen molar-refractivity contribution in [2.75, 3.05) is 5.32 Å². The molecule has 132 valence electrons. The number of aliphatic hydroxyl groups is 1. The van der Waals surface area contributed by atoms with E-state index in [0.717, 1.165) is 31.0 Å². The number of aliphatic hydroxyl groups excluding tert-OH is 1. The molecule has 1 unspecified atom stereocenters. The highest BCUT2D eigenvalue weighted by molar-refractivity contribution is 5.40. The van der Waals surface area contributed by atoms with E-state index in [4.69, 9.17) is 9.97 Å². The molecule has 2 N–H and O–H groups in total. The second-order valence-electron chi connectivity index (χ2n) is 7.97. The second-order valence-corrected chi connectivity index (χ2v) is 7.97. The number of aromatic nitrogens is 4. The minimum atomic E-state index is -0.329. The van der Waals surface area contributed by atoms with Crippen LogP contribution in [0.3, 0.4) is 0 Å². The van der Waals surface area contributed by atoms with Crippen molar-refractivity contribution >= 4 is 5.82 Å². The first kappa shape index (κ1) is 15.3. The van der Waals surface area contributed by atoms with Gasteiger partial charge in [-0.2, -0.15) is 5.10 Å². The summed E-state index contributed by atoms with van der Waals surface area (Å²) in [5.74, 6) is 3.54. The van der Waals surface area contributed by atoms with E-state index in [0.29, 0.717) is 17.8 Å². The fourth-order valence-corrected chi connectivity index (χ4v) is 3.96. The molecule has 6 heteroatoms. The van der Waals surface area contributed by atoms with Crippen LogP contribution in [-0.2, 0) is 6.54 Å². The lowest BCUT2D eigenvalue weighted by atomic mass is 10.1. The van der Waals surface area contributed by atoms with Gasteiger partial charge in [-0.3, -0.25) is 4.68 Å². The highest BCUT2D eigenvalue weighted by Gasteiger charge is 2.35. The first-order chi connectivity index (χ1) is 12.2. The molecule has 3 atom stereocenters. The van der Waals surface area contributed by atoms with Crippen molar-refractivity contribution in [1.82, 2.24) is 19.7 Å². The van der Waals surface area contributed by atoms with Gasteiger partial charge in [-0.25, -0.2) is 9.97 Å². The second kappa shape index (κ2) is 6.09. The van der Waals surface area contributed by atoms with Crippen molar-refractivity contribution in [2.24, 2.45) is 5.92 Å². The van der Waals surface area contributed by atoms with Crippen LogP contribution in [0.4, 0.5) is 5.82 Å². The first-order valence-electron chi connectivity index (χ1n) is 9.55. The van der Waals surface area contributed by atoms with Gasteiger partial charge in [0.05, 0.1) is 12.1 Å². The van der Waals surface area contributed by atoms with Crippen molar-refractivity contribution in [3.8, 4) is 0 Å². The lowest BCUT2D eigenvalue weighted by Gasteiger charge is -2.18. The van der Waals surface area contributed by atoms with Gasteiger partial charge in [-0.05, 0) is 50.5 Å². The van der Waals surface area contributed by atoms with Crippen molar-refractivity contribution in [3.63, 3.8) is 0 Å². The molecule has 0 bridgehead atoms. The van der Waals surface area contributed by atoms with Crippen molar-refractivity contribution < 1.29 is 5.11 Å². The summed E-state index contributed by atoms with van der Waals surface area (Å²) >= 11 is 0. The standard InChI is InChI=1S/C19H25N5O/c25-17-9-12(11-24-7-1-6-20-24)8-16(17)21-18-10-15(13-2-3-13)22-19(23-18)14-4-5-14/h1,6-7,10,12-14,16-17,25H,2-5,8-9,11H2,(H,21,22,23)/t12?,16-,17-/m1/s1. The van der Waals surface area contributed by atoms with E-state index in [2.05, 4.69) is 16.5 Å².